The molecule has 2 aromatic carbocycles. The second kappa shape index (κ2) is 7.27. The Labute approximate surface area is 144 Å². The fraction of sp³-hybridized carbons (Fsp3) is 0.167. The third-order valence-corrected chi connectivity index (χ3v) is 3.71. The molecule has 0 radical (unpaired) electrons. The van der Waals surface area contributed by atoms with E-state index in [0.29, 0.717) is 23.9 Å². The zero-order valence-electron chi connectivity index (χ0n) is 13.1. The highest BCUT2D eigenvalue weighted by molar-refractivity contribution is 6.30. The van der Waals surface area contributed by atoms with Crippen molar-refractivity contribution in [1.82, 2.24) is 15.5 Å². The molecule has 0 fully saturated rings. The molecule has 1 aromatic heterocycles. The van der Waals surface area contributed by atoms with Crippen LogP contribution in [-0.2, 0) is 13.0 Å². The van der Waals surface area contributed by atoms with Gasteiger partial charge in [0, 0.05) is 11.6 Å². The maximum Gasteiger partial charge on any atom is 0.309 e. The van der Waals surface area contributed by atoms with Crippen LogP contribution in [0, 0.1) is 6.92 Å². The largest absolute Gasteiger partial charge is 0.417 e. The number of nitrogens with one attached hydrogen (secondary N) is 1. The first-order valence-corrected chi connectivity index (χ1v) is 7.88. The molecule has 1 amide bonds. The van der Waals surface area contributed by atoms with E-state index in [9.17, 15) is 4.79 Å². The number of aromatic nitrogens is 2. The van der Waals surface area contributed by atoms with E-state index in [4.69, 9.17) is 16.0 Å². The minimum atomic E-state index is -0.389. The van der Waals surface area contributed by atoms with Crippen molar-refractivity contribution in [2.45, 2.75) is 19.9 Å². The smallest absolute Gasteiger partial charge is 0.309 e. The molecule has 0 unspecified atom stereocenters. The lowest BCUT2D eigenvalue weighted by atomic mass is 10.1. The summed E-state index contributed by atoms with van der Waals surface area (Å²) >= 11 is 5.95. The summed E-state index contributed by atoms with van der Waals surface area (Å²) in [6.07, 6.45) is 0.429. The summed E-state index contributed by atoms with van der Waals surface area (Å²) in [4.78, 5) is 12.1. The quantitative estimate of drug-likeness (QED) is 0.770. The maximum atomic E-state index is 12.1. The highest BCUT2D eigenvalue weighted by Gasteiger charge is 2.14. The fourth-order valence-corrected chi connectivity index (χ4v) is 2.42. The maximum absolute atomic E-state index is 12.1. The van der Waals surface area contributed by atoms with Crippen LogP contribution in [0.1, 0.15) is 33.3 Å². The van der Waals surface area contributed by atoms with Gasteiger partial charge in [-0.25, -0.2) is 0 Å². The van der Waals surface area contributed by atoms with E-state index in [0.717, 1.165) is 11.1 Å². The zero-order chi connectivity index (χ0) is 16.9. The second-order valence-electron chi connectivity index (χ2n) is 5.48. The molecule has 1 N–H and O–H groups in total. The molecular weight excluding hydrogens is 326 g/mol. The monoisotopic (exact) mass is 341 g/mol. The van der Waals surface area contributed by atoms with Gasteiger partial charge in [0.1, 0.15) is 0 Å². The van der Waals surface area contributed by atoms with E-state index in [1.807, 2.05) is 49.4 Å². The van der Waals surface area contributed by atoms with Gasteiger partial charge in [-0.1, -0.05) is 53.6 Å². The molecule has 0 aliphatic rings. The molecule has 0 saturated heterocycles. The van der Waals surface area contributed by atoms with Crippen LogP contribution < -0.4 is 5.32 Å². The van der Waals surface area contributed by atoms with Crippen LogP contribution in [0.2, 0.25) is 5.02 Å². The van der Waals surface area contributed by atoms with E-state index >= 15 is 0 Å². The van der Waals surface area contributed by atoms with E-state index in [1.54, 1.807) is 6.07 Å². The Morgan fingerprint density at radius 2 is 1.92 bits per heavy atom. The first-order valence-electron chi connectivity index (χ1n) is 7.51. The third-order valence-electron chi connectivity index (χ3n) is 3.48. The average molecular weight is 342 g/mol. The van der Waals surface area contributed by atoms with Crippen molar-refractivity contribution in [3.05, 3.63) is 82.0 Å². The van der Waals surface area contributed by atoms with Crippen LogP contribution in [0.15, 0.2) is 52.9 Å². The minimum absolute atomic E-state index is 0.0425. The summed E-state index contributed by atoms with van der Waals surface area (Å²) in [7, 11) is 0. The van der Waals surface area contributed by atoms with Gasteiger partial charge in [-0.3, -0.25) is 4.79 Å². The van der Waals surface area contributed by atoms with E-state index in [2.05, 4.69) is 15.5 Å². The molecule has 1 heterocycles. The van der Waals surface area contributed by atoms with Crippen molar-refractivity contribution in [3.8, 4) is 0 Å². The summed E-state index contributed by atoms with van der Waals surface area (Å²) in [6, 6.07) is 15.3. The highest BCUT2D eigenvalue weighted by atomic mass is 35.5. The zero-order valence-corrected chi connectivity index (χ0v) is 13.9. The summed E-state index contributed by atoms with van der Waals surface area (Å²) in [5.41, 5.74) is 3.12. The number of carbonyl (C=O) groups is 1. The number of rotatable bonds is 5. The number of hydrogen-bond acceptors (Lipinski definition) is 4. The van der Waals surface area contributed by atoms with Gasteiger partial charge >= 0.3 is 11.8 Å². The molecule has 0 aliphatic carbocycles. The normalized spacial score (nSPS) is 10.6. The number of halogens is 1. The molecule has 0 bridgehead atoms. The lowest BCUT2D eigenvalue weighted by Crippen LogP contribution is -2.23. The Morgan fingerprint density at radius 3 is 2.67 bits per heavy atom. The molecule has 122 valence electrons. The standard InChI is InChI=1S/C18H16ClN3O2/c1-12-5-7-13(8-6-12)11-20-17(23)18-22-21-16(24-18)10-14-3-2-4-15(19)9-14/h2-9H,10-11H2,1H3,(H,20,23). The van der Waals surface area contributed by atoms with Crippen LogP contribution in [0.5, 0.6) is 0 Å². The van der Waals surface area contributed by atoms with Crippen molar-refractivity contribution in [3.63, 3.8) is 0 Å². The predicted molar refractivity (Wildman–Crippen MR) is 90.9 cm³/mol. The lowest BCUT2D eigenvalue weighted by Gasteiger charge is -2.03. The summed E-state index contributed by atoms with van der Waals surface area (Å²) < 4.78 is 5.42. The molecule has 0 aliphatic heterocycles. The van der Waals surface area contributed by atoms with Gasteiger partial charge in [0.05, 0.1) is 6.42 Å². The van der Waals surface area contributed by atoms with Crippen molar-refractivity contribution >= 4 is 17.5 Å². The second-order valence-corrected chi connectivity index (χ2v) is 5.91. The Kier molecular flexibility index (Phi) is 4.91. The molecule has 6 heteroatoms. The Balaban J connectivity index is 1.60. The van der Waals surface area contributed by atoms with Gasteiger partial charge in [-0.2, -0.15) is 0 Å². The van der Waals surface area contributed by atoms with Crippen LogP contribution in [0.3, 0.4) is 0 Å². The van der Waals surface area contributed by atoms with Gasteiger partial charge in [0.2, 0.25) is 5.89 Å². The van der Waals surface area contributed by atoms with Gasteiger partial charge < -0.3 is 9.73 Å². The van der Waals surface area contributed by atoms with Crippen molar-refractivity contribution in [2.75, 3.05) is 0 Å². The Bertz CT molecular complexity index is 843. The first kappa shape index (κ1) is 16.2. The van der Waals surface area contributed by atoms with Gasteiger partial charge in [-0.15, -0.1) is 10.2 Å². The van der Waals surface area contributed by atoms with E-state index < -0.39 is 0 Å². The number of carbonyl (C=O) groups excluding carboxylic acids is 1. The van der Waals surface area contributed by atoms with Crippen molar-refractivity contribution < 1.29 is 9.21 Å². The van der Waals surface area contributed by atoms with Gasteiger partial charge in [0.25, 0.3) is 0 Å². The van der Waals surface area contributed by atoms with Crippen LogP contribution >= 0.6 is 11.6 Å². The predicted octanol–water partition coefficient (Wildman–Crippen LogP) is 3.55. The SMILES string of the molecule is Cc1ccc(CNC(=O)c2nnc(Cc3cccc(Cl)c3)o2)cc1. The summed E-state index contributed by atoms with van der Waals surface area (Å²) in [5, 5.41) is 11.1. The number of amides is 1. The molecular formula is C18H16ClN3O2. The van der Waals surface area contributed by atoms with Crippen molar-refractivity contribution in [2.24, 2.45) is 0 Å². The molecule has 0 spiro atoms. The molecule has 0 saturated carbocycles. The third kappa shape index (κ3) is 4.20. The summed E-state index contributed by atoms with van der Waals surface area (Å²) in [5.74, 6) is -0.0580. The minimum Gasteiger partial charge on any atom is -0.417 e. The lowest BCUT2D eigenvalue weighted by molar-refractivity contribution is 0.0914. The number of hydrogen-bond donors (Lipinski definition) is 1. The fourth-order valence-electron chi connectivity index (χ4n) is 2.20. The van der Waals surface area contributed by atoms with Crippen LogP contribution in [0.25, 0.3) is 0 Å². The number of aryl methyl sites for hydroxylation is 1. The number of nitrogens with zero attached hydrogens (tertiary/aromatic N) is 2. The van der Waals surface area contributed by atoms with Gasteiger partial charge in [-0.05, 0) is 30.2 Å². The molecule has 3 rings (SSSR count). The number of benzene rings is 2. The average Bonchev–Trinajstić information content (AvgIpc) is 3.03. The molecule has 0 atom stereocenters. The Hall–Kier alpha value is -2.66. The topological polar surface area (TPSA) is 68.0 Å². The highest BCUT2D eigenvalue weighted by Crippen LogP contribution is 2.14. The van der Waals surface area contributed by atoms with Crippen LogP contribution in [0.4, 0.5) is 0 Å². The molecule has 5 nitrogen and oxygen atoms in total. The van der Waals surface area contributed by atoms with Crippen LogP contribution in [-0.4, -0.2) is 16.1 Å². The van der Waals surface area contributed by atoms with E-state index in [1.165, 1.54) is 5.56 Å². The Morgan fingerprint density at radius 1 is 1.12 bits per heavy atom. The first-order chi connectivity index (χ1) is 11.6. The molecule has 3 aromatic rings. The van der Waals surface area contributed by atoms with E-state index in [-0.39, 0.29) is 11.8 Å². The molecule has 24 heavy (non-hydrogen) atoms. The summed E-state index contributed by atoms with van der Waals surface area (Å²) in [6.45, 7) is 2.42. The van der Waals surface area contributed by atoms with Gasteiger partial charge in [0.15, 0.2) is 0 Å². The van der Waals surface area contributed by atoms with Crippen molar-refractivity contribution in [1.29, 1.82) is 0 Å².